The van der Waals surface area contributed by atoms with E-state index in [4.69, 9.17) is 4.74 Å². The van der Waals surface area contributed by atoms with E-state index in [0.717, 1.165) is 55.0 Å². The minimum absolute atomic E-state index is 0. The molecule has 1 heterocycles. The van der Waals surface area contributed by atoms with Crippen LogP contribution in [0.4, 0.5) is 5.69 Å². The quantitative estimate of drug-likeness (QED) is 0.199. The van der Waals surface area contributed by atoms with E-state index in [1.165, 1.54) is 0 Å². The molecule has 1 aliphatic heterocycles. The molecule has 1 fully saturated rings. The van der Waals surface area contributed by atoms with Crippen LogP contribution in [0, 0.1) is 0 Å². The first-order chi connectivity index (χ1) is 11.8. The number of thioether (sulfide) groups is 1. The van der Waals surface area contributed by atoms with Crippen molar-refractivity contribution in [2.75, 3.05) is 50.2 Å². The molecule has 0 radical (unpaired) electrons. The highest BCUT2D eigenvalue weighted by molar-refractivity contribution is 14.0. The molecule has 0 amide bonds. The Labute approximate surface area is 172 Å². The molecule has 0 bridgehead atoms. The highest BCUT2D eigenvalue weighted by atomic mass is 127. The lowest BCUT2D eigenvalue weighted by Gasteiger charge is -2.22. The molecule has 2 rings (SSSR count). The molecule has 7 heteroatoms. The summed E-state index contributed by atoms with van der Waals surface area (Å²) in [4.78, 5) is 6.69. The van der Waals surface area contributed by atoms with Crippen molar-refractivity contribution in [2.45, 2.75) is 12.5 Å². The highest BCUT2D eigenvalue weighted by Gasteiger charge is 2.25. The minimum atomic E-state index is 0. The fraction of sp³-hybridized carbons (Fsp3) is 0.500. The van der Waals surface area contributed by atoms with Crippen LogP contribution < -0.4 is 20.3 Å². The second-order valence-corrected chi connectivity index (χ2v) is 6.76. The summed E-state index contributed by atoms with van der Waals surface area (Å²) in [6, 6.07) is 8.58. The van der Waals surface area contributed by atoms with Gasteiger partial charge in [0.1, 0.15) is 5.75 Å². The maximum atomic E-state index is 5.47. The molecule has 0 aliphatic carbocycles. The van der Waals surface area contributed by atoms with Gasteiger partial charge in [0.2, 0.25) is 0 Å². The summed E-state index contributed by atoms with van der Waals surface area (Å²) in [5, 5.41) is 6.89. The zero-order valence-electron chi connectivity index (χ0n) is 15.0. The van der Waals surface area contributed by atoms with Crippen LogP contribution in [-0.4, -0.2) is 57.3 Å². The van der Waals surface area contributed by atoms with Gasteiger partial charge in [0.05, 0.1) is 12.8 Å². The third-order valence-electron chi connectivity index (χ3n) is 3.95. The first-order valence-corrected chi connectivity index (χ1v) is 9.47. The highest BCUT2D eigenvalue weighted by Crippen LogP contribution is 2.30. The molecule has 1 saturated heterocycles. The van der Waals surface area contributed by atoms with E-state index in [9.17, 15) is 0 Å². The first-order valence-electron chi connectivity index (χ1n) is 8.32. The van der Waals surface area contributed by atoms with E-state index >= 15 is 0 Å². The Balaban J connectivity index is 0.00000312. The number of aliphatic imine (C=N–C) groups is 1. The molecule has 1 aromatic carbocycles. The van der Waals surface area contributed by atoms with Crippen LogP contribution in [0.1, 0.15) is 6.42 Å². The lowest BCUT2D eigenvalue weighted by Crippen LogP contribution is -2.45. The third kappa shape index (κ3) is 6.97. The van der Waals surface area contributed by atoms with E-state index in [-0.39, 0.29) is 24.0 Å². The molecular weight excluding hydrogens is 447 g/mol. The van der Waals surface area contributed by atoms with Gasteiger partial charge in [-0.2, -0.15) is 11.8 Å². The van der Waals surface area contributed by atoms with Gasteiger partial charge in [-0.15, -0.1) is 30.6 Å². The zero-order chi connectivity index (χ0) is 17.2. The van der Waals surface area contributed by atoms with Crippen LogP contribution >= 0.6 is 35.7 Å². The Bertz CT molecular complexity index is 556. The molecule has 0 spiro atoms. The number of hydrogen-bond donors (Lipinski definition) is 2. The Morgan fingerprint density at radius 1 is 1.48 bits per heavy atom. The molecule has 5 nitrogen and oxygen atoms in total. The van der Waals surface area contributed by atoms with E-state index in [1.54, 1.807) is 7.11 Å². The number of methoxy groups -OCH3 is 1. The van der Waals surface area contributed by atoms with Crippen molar-refractivity contribution in [1.82, 2.24) is 10.6 Å². The van der Waals surface area contributed by atoms with Gasteiger partial charge >= 0.3 is 0 Å². The molecule has 1 unspecified atom stereocenters. The van der Waals surface area contributed by atoms with Gasteiger partial charge in [0.25, 0.3) is 0 Å². The largest absolute Gasteiger partial charge is 0.495 e. The maximum absolute atomic E-state index is 5.47. The van der Waals surface area contributed by atoms with Gasteiger partial charge in [0.15, 0.2) is 5.96 Å². The van der Waals surface area contributed by atoms with Crippen LogP contribution in [0.15, 0.2) is 41.9 Å². The Morgan fingerprint density at radius 2 is 2.28 bits per heavy atom. The second-order valence-electron chi connectivity index (χ2n) is 5.61. The number of benzene rings is 1. The van der Waals surface area contributed by atoms with E-state index in [2.05, 4.69) is 39.2 Å². The van der Waals surface area contributed by atoms with Crippen molar-refractivity contribution in [3.8, 4) is 5.75 Å². The fourth-order valence-electron chi connectivity index (χ4n) is 2.78. The number of para-hydroxylation sites is 2. The van der Waals surface area contributed by atoms with Crippen LogP contribution in [0.3, 0.4) is 0 Å². The van der Waals surface area contributed by atoms with Crippen molar-refractivity contribution in [3.05, 3.63) is 36.9 Å². The van der Waals surface area contributed by atoms with Gasteiger partial charge in [-0.05, 0) is 18.6 Å². The Morgan fingerprint density at radius 3 is 3.00 bits per heavy atom. The number of rotatable bonds is 8. The fourth-order valence-corrected chi connectivity index (χ4v) is 3.36. The van der Waals surface area contributed by atoms with Gasteiger partial charge < -0.3 is 20.3 Å². The predicted molar refractivity (Wildman–Crippen MR) is 121 cm³/mol. The zero-order valence-corrected chi connectivity index (χ0v) is 18.2. The molecule has 1 aliphatic rings. The van der Waals surface area contributed by atoms with Crippen molar-refractivity contribution in [1.29, 1.82) is 0 Å². The van der Waals surface area contributed by atoms with Crippen LogP contribution in [-0.2, 0) is 0 Å². The average molecular weight is 476 g/mol. The number of halogens is 1. The first kappa shape index (κ1) is 22.0. The Kier molecular flexibility index (Phi) is 10.8. The van der Waals surface area contributed by atoms with E-state index in [0.29, 0.717) is 6.04 Å². The third-order valence-corrected chi connectivity index (χ3v) is 4.92. The summed E-state index contributed by atoms with van der Waals surface area (Å²) < 4.78 is 5.47. The summed E-state index contributed by atoms with van der Waals surface area (Å²) in [7, 11) is 3.54. The second kappa shape index (κ2) is 12.3. The molecule has 1 atom stereocenters. The average Bonchev–Trinajstić information content (AvgIpc) is 3.08. The van der Waals surface area contributed by atoms with Crippen LogP contribution in [0.2, 0.25) is 0 Å². The predicted octanol–water partition coefficient (Wildman–Crippen LogP) is 2.98. The summed E-state index contributed by atoms with van der Waals surface area (Å²) in [6.45, 7) is 6.60. The van der Waals surface area contributed by atoms with Crippen molar-refractivity contribution in [3.63, 3.8) is 0 Å². The van der Waals surface area contributed by atoms with E-state index < -0.39 is 0 Å². The topological polar surface area (TPSA) is 48.9 Å². The number of ether oxygens (including phenoxy) is 1. The normalized spacial score (nSPS) is 17.0. The van der Waals surface area contributed by atoms with Crippen LogP contribution in [0.25, 0.3) is 0 Å². The maximum Gasteiger partial charge on any atom is 0.191 e. The van der Waals surface area contributed by atoms with Gasteiger partial charge in [-0.25, -0.2) is 0 Å². The summed E-state index contributed by atoms with van der Waals surface area (Å²) >= 11 is 1.86. The summed E-state index contributed by atoms with van der Waals surface area (Å²) in [5.74, 6) is 3.84. The van der Waals surface area contributed by atoms with Crippen molar-refractivity contribution < 1.29 is 4.74 Å². The number of hydrogen-bond acceptors (Lipinski definition) is 4. The molecule has 25 heavy (non-hydrogen) atoms. The van der Waals surface area contributed by atoms with Crippen molar-refractivity contribution >= 4 is 47.4 Å². The van der Waals surface area contributed by atoms with Crippen molar-refractivity contribution in [2.24, 2.45) is 4.99 Å². The van der Waals surface area contributed by atoms with Gasteiger partial charge in [0, 0.05) is 44.2 Å². The molecule has 140 valence electrons. The standard InChI is InChI=1S/C18H28N4OS.HI/c1-4-12-24-13-10-20-18(19-2)21-15-9-11-22(14-15)16-7-5-6-8-17(16)23-3;/h4-8,15H,1,9-14H2,2-3H3,(H2,19,20,21);1H. The summed E-state index contributed by atoms with van der Waals surface area (Å²) in [6.07, 6.45) is 3.02. The lowest BCUT2D eigenvalue weighted by molar-refractivity contribution is 0.415. The number of anilines is 1. The number of nitrogens with zero attached hydrogens (tertiary/aromatic N) is 2. The van der Waals surface area contributed by atoms with Gasteiger partial charge in [-0.1, -0.05) is 18.2 Å². The number of guanidine groups is 1. The van der Waals surface area contributed by atoms with E-state index in [1.807, 2.05) is 37.0 Å². The smallest absolute Gasteiger partial charge is 0.191 e. The van der Waals surface area contributed by atoms with Gasteiger partial charge in [-0.3, -0.25) is 4.99 Å². The molecule has 0 aromatic heterocycles. The Hall–Kier alpha value is -1.09. The summed E-state index contributed by atoms with van der Waals surface area (Å²) in [5.41, 5.74) is 1.16. The monoisotopic (exact) mass is 476 g/mol. The number of nitrogens with one attached hydrogen (secondary N) is 2. The lowest BCUT2D eigenvalue weighted by atomic mass is 10.2. The van der Waals surface area contributed by atoms with Crippen LogP contribution in [0.5, 0.6) is 5.75 Å². The minimum Gasteiger partial charge on any atom is -0.495 e. The molecular formula is C18H29IN4OS. The SMILES string of the molecule is C=CCSCCNC(=NC)NC1CCN(c2ccccc2OC)C1.I. The molecule has 0 saturated carbocycles. The molecule has 2 N–H and O–H groups in total. The molecule has 1 aromatic rings.